The van der Waals surface area contributed by atoms with E-state index in [9.17, 15) is 14.9 Å². The third-order valence-electron chi connectivity index (χ3n) is 4.18. The van der Waals surface area contributed by atoms with Crippen molar-refractivity contribution in [1.29, 1.82) is 0 Å². The number of nitro benzene ring substituents is 1. The van der Waals surface area contributed by atoms with E-state index in [0.717, 1.165) is 22.0 Å². The van der Waals surface area contributed by atoms with Crippen molar-refractivity contribution in [3.63, 3.8) is 0 Å². The van der Waals surface area contributed by atoms with Gasteiger partial charge in [-0.2, -0.15) is 0 Å². The third-order valence-corrected chi connectivity index (χ3v) is 4.18. The molecule has 2 aromatic carbocycles. The van der Waals surface area contributed by atoms with E-state index in [1.807, 2.05) is 17.8 Å². The van der Waals surface area contributed by atoms with Crippen LogP contribution in [0.15, 0.2) is 42.6 Å². The van der Waals surface area contributed by atoms with Crippen molar-refractivity contribution in [3.05, 3.63) is 69.4 Å². The van der Waals surface area contributed by atoms with Crippen molar-refractivity contribution in [3.8, 4) is 5.75 Å². The fourth-order valence-corrected chi connectivity index (χ4v) is 2.94. The zero-order valence-electron chi connectivity index (χ0n) is 13.7. The van der Waals surface area contributed by atoms with Crippen LogP contribution in [0.2, 0.25) is 0 Å². The summed E-state index contributed by atoms with van der Waals surface area (Å²) in [4.78, 5) is 21.7. The van der Waals surface area contributed by atoms with Crippen molar-refractivity contribution in [2.75, 3.05) is 7.11 Å². The number of rotatable bonds is 5. The molecule has 0 aliphatic carbocycles. The molecule has 25 heavy (non-hydrogen) atoms. The number of aryl methyl sites for hydroxylation is 1. The van der Waals surface area contributed by atoms with Crippen LogP contribution in [0.25, 0.3) is 10.9 Å². The van der Waals surface area contributed by atoms with Gasteiger partial charge in [0.1, 0.15) is 5.75 Å². The van der Waals surface area contributed by atoms with Crippen LogP contribution in [0.3, 0.4) is 0 Å². The number of hydrogen-bond donors (Lipinski definition) is 1. The smallest absolute Gasteiger partial charge is 0.335 e. The van der Waals surface area contributed by atoms with E-state index in [1.54, 1.807) is 18.2 Å². The summed E-state index contributed by atoms with van der Waals surface area (Å²) in [5.41, 5.74) is 2.79. The van der Waals surface area contributed by atoms with Gasteiger partial charge in [0.2, 0.25) is 0 Å². The summed E-state index contributed by atoms with van der Waals surface area (Å²) in [6, 6.07) is 9.47. The zero-order valence-corrected chi connectivity index (χ0v) is 13.7. The molecule has 3 aromatic rings. The average molecular weight is 340 g/mol. The molecule has 0 spiro atoms. The van der Waals surface area contributed by atoms with Gasteiger partial charge in [0.25, 0.3) is 5.69 Å². The molecule has 0 aliphatic heterocycles. The Morgan fingerprint density at radius 2 is 2.00 bits per heavy atom. The van der Waals surface area contributed by atoms with Crippen LogP contribution in [-0.4, -0.2) is 27.7 Å². The van der Waals surface area contributed by atoms with E-state index in [2.05, 4.69) is 0 Å². The molecule has 0 atom stereocenters. The van der Waals surface area contributed by atoms with Crippen LogP contribution < -0.4 is 4.74 Å². The maximum atomic E-state index is 11.1. The summed E-state index contributed by atoms with van der Waals surface area (Å²) in [6.07, 6.45) is 2.39. The van der Waals surface area contributed by atoms with Gasteiger partial charge in [0, 0.05) is 42.7 Å². The van der Waals surface area contributed by atoms with Gasteiger partial charge < -0.3 is 14.4 Å². The number of carboxylic acid groups (broad SMARTS) is 1. The number of nitrogens with zero attached hydrogens (tertiary/aromatic N) is 2. The molecule has 1 N–H and O–H groups in total. The number of methoxy groups -OCH3 is 1. The summed E-state index contributed by atoms with van der Waals surface area (Å²) in [7, 11) is 3.36. The number of aromatic carboxylic acids is 1. The Hall–Kier alpha value is -3.35. The molecule has 7 nitrogen and oxygen atoms in total. The number of hydrogen-bond acceptors (Lipinski definition) is 4. The topological polar surface area (TPSA) is 94.6 Å². The van der Waals surface area contributed by atoms with Gasteiger partial charge >= 0.3 is 5.97 Å². The number of non-ortho nitro benzene ring substituents is 1. The Labute approximate surface area is 143 Å². The Morgan fingerprint density at radius 1 is 1.24 bits per heavy atom. The van der Waals surface area contributed by atoms with Crippen LogP contribution in [-0.2, 0) is 13.5 Å². The second kappa shape index (κ2) is 6.27. The van der Waals surface area contributed by atoms with Gasteiger partial charge in [-0.1, -0.05) is 6.07 Å². The zero-order chi connectivity index (χ0) is 18.1. The summed E-state index contributed by atoms with van der Waals surface area (Å²) in [5, 5.41) is 20.9. The van der Waals surface area contributed by atoms with Gasteiger partial charge in [-0.05, 0) is 29.3 Å². The Kier molecular flexibility index (Phi) is 4.14. The van der Waals surface area contributed by atoms with Crippen molar-refractivity contribution < 1.29 is 19.6 Å². The van der Waals surface area contributed by atoms with Crippen LogP contribution in [0, 0.1) is 10.1 Å². The van der Waals surface area contributed by atoms with Crippen molar-refractivity contribution in [2.24, 2.45) is 7.05 Å². The highest BCUT2D eigenvalue weighted by atomic mass is 16.6. The lowest BCUT2D eigenvalue weighted by molar-refractivity contribution is -0.384. The minimum Gasteiger partial charge on any atom is -0.496 e. The van der Waals surface area contributed by atoms with Crippen molar-refractivity contribution in [2.45, 2.75) is 6.42 Å². The lowest BCUT2D eigenvalue weighted by atomic mass is 10.0. The third kappa shape index (κ3) is 3.03. The van der Waals surface area contributed by atoms with Gasteiger partial charge in [-0.3, -0.25) is 10.1 Å². The first-order chi connectivity index (χ1) is 11.9. The summed E-state index contributed by atoms with van der Waals surface area (Å²) < 4.78 is 7.22. The number of carboxylic acids is 1. The molecule has 0 radical (unpaired) electrons. The van der Waals surface area contributed by atoms with E-state index in [-0.39, 0.29) is 11.3 Å². The van der Waals surface area contributed by atoms with Crippen molar-refractivity contribution >= 4 is 22.6 Å². The fraction of sp³-hybridized carbons (Fsp3) is 0.167. The number of nitro groups is 1. The molecule has 3 rings (SSSR count). The van der Waals surface area contributed by atoms with E-state index < -0.39 is 10.9 Å². The van der Waals surface area contributed by atoms with E-state index in [1.165, 1.54) is 25.3 Å². The second-order valence-electron chi connectivity index (χ2n) is 5.73. The summed E-state index contributed by atoms with van der Waals surface area (Å²) >= 11 is 0. The van der Waals surface area contributed by atoms with Gasteiger partial charge in [-0.25, -0.2) is 4.79 Å². The molecule has 1 aromatic heterocycles. The minimum atomic E-state index is -1.02. The van der Waals surface area contributed by atoms with Gasteiger partial charge in [0.05, 0.1) is 17.6 Å². The van der Waals surface area contributed by atoms with Gasteiger partial charge in [-0.15, -0.1) is 0 Å². The number of carbonyl (C=O) groups is 1. The minimum absolute atomic E-state index is 0.0353. The van der Waals surface area contributed by atoms with Crippen LogP contribution in [0.5, 0.6) is 5.75 Å². The van der Waals surface area contributed by atoms with E-state index >= 15 is 0 Å². The number of benzene rings is 2. The van der Waals surface area contributed by atoms with Crippen LogP contribution >= 0.6 is 0 Å². The first-order valence-corrected chi connectivity index (χ1v) is 7.53. The highest BCUT2D eigenvalue weighted by molar-refractivity contribution is 5.89. The molecule has 7 heteroatoms. The van der Waals surface area contributed by atoms with Crippen LogP contribution in [0.1, 0.15) is 21.5 Å². The predicted octanol–water partition coefficient (Wildman–Crippen LogP) is 3.38. The molecule has 0 saturated carbocycles. The first kappa shape index (κ1) is 16.5. The summed E-state index contributed by atoms with van der Waals surface area (Å²) in [5.74, 6) is -0.548. The number of aromatic nitrogens is 1. The lowest BCUT2D eigenvalue weighted by Crippen LogP contribution is -2.00. The first-order valence-electron chi connectivity index (χ1n) is 7.53. The Morgan fingerprint density at radius 3 is 2.64 bits per heavy atom. The molecule has 0 unspecified atom stereocenters. The molecular weight excluding hydrogens is 324 g/mol. The highest BCUT2D eigenvalue weighted by Crippen LogP contribution is 2.30. The Balaban J connectivity index is 2.07. The predicted molar refractivity (Wildman–Crippen MR) is 92.3 cm³/mol. The molecule has 128 valence electrons. The monoisotopic (exact) mass is 340 g/mol. The fourth-order valence-electron chi connectivity index (χ4n) is 2.94. The molecule has 0 bridgehead atoms. The summed E-state index contributed by atoms with van der Waals surface area (Å²) in [6.45, 7) is 0. The maximum absolute atomic E-state index is 11.1. The lowest BCUT2D eigenvalue weighted by Gasteiger charge is -2.09. The molecular formula is C18H16N2O5. The highest BCUT2D eigenvalue weighted by Gasteiger charge is 2.15. The second-order valence-corrected chi connectivity index (χ2v) is 5.73. The van der Waals surface area contributed by atoms with Gasteiger partial charge in [0.15, 0.2) is 0 Å². The standard InChI is InChI=1S/C18H16N2O5/c1-19-10-13(15-9-14(20(23)24)5-6-16(15)19)7-11-3-4-12(18(21)22)8-17(11)25-2/h3-6,8-10H,7H2,1-2H3,(H,21,22). The largest absolute Gasteiger partial charge is 0.496 e. The number of ether oxygens (including phenoxy) is 1. The average Bonchev–Trinajstić information content (AvgIpc) is 2.90. The molecule has 0 fully saturated rings. The molecule has 0 saturated heterocycles. The maximum Gasteiger partial charge on any atom is 0.335 e. The molecule has 0 amide bonds. The SMILES string of the molecule is COc1cc(C(=O)O)ccc1Cc1cn(C)c2ccc([N+](=O)[O-])cc12. The van der Waals surface area contributed by atoms with E-state index in [0.29, 0.717) is 12.2 Å². The molecule has 1 heterocycles. The van der Waals surface area contributed by atoms with Crippen molar-refractivity contribution in [1.82, 2.24) is 4.57 Å². The Bertz CT molecular complexity index is 991. The normalized spacial score (nSPS) is 10.8. The molecule has 0 aliphatic rings. The quantitative estimate of drug-likeness (QED) is 0.567. The van der Waals surface area contributed by atoms with Crippen LogP contribution in [0.4, 0.5) is 5.69 Å². The number of fused-ring (bicyclic) bond motifs is 1. The van der Waals surface area contributed by atoms with E-state index in [4.69, 9.17) is 9.84 Å².